The summed E-state index contributed by atoms with van der Waals surface area (Å²) in [6, 6.07) is 5.02. The number of benzene rings is 1. The Labute approximate surface area is 189 Å². The molecule has 3 N–H and O–H groups in total. The number of thioether (sulfide) groups is 2. The third kappa shape index (κ3) is 4.81. The third-order valence-corrected chi connectivity index (χ3v) is 7.54. The molecule has 1 aliphatic heterocycles. The van der Waals surface area contributed by atoms with Crippen LogP contribution < -0.4 is 15.8 Å². The quantitative estimate of drug-likeness (QED) is 0.338. The summed E-state index contributed by atoms with van der Waals surface area (Å²) in [6.07, 6.45) is -3.70. The first-order valence-electron chi connectivity index (χ1n) is 9.37. The van der Waals surface area contributed by atoms with Gasteiger partial charge in [0.05, 0.1) is 17.4 Å². The van der Waals surface area contributed by atoms with Gasteiger partial charge in [-0.15, -0.1) is 11.8 Å². The molecule has 1 aromatic heterocycles. The van der Waals surface area contributed by atoms with Gasteiger partial charge in [-0.1, -0.05) is 17.8 Å². The molecule has 1 amide bonds. The summed E-state index contributed by atoms with van der Waals surface area (Å²) in [7, 11) is 1.09. The highest BCUT2D eigenvalue weighted by molar-refractivity contribution is 8.02. The van der Waals surface area contributed by atoms with Gasteiger partial charge in [-0.25, -0.2) is 9.37 Å². The van der Waals surface area contributed by atoms with Gasteiger partial charge in [0.2, 0.25) is 11.7 Å². The Morgan fingerprint density at radius 1 is 1.38 bits per heavy atom. The number of anilines is 1. The van der Waals surface area contributed by atoms with E-state index in [1.807, 2.05) is 0 Å². The molecule has 5 nitrogen and oxygen atoms in total. The molecular weight excluding hydrogens is 473 g/mol. The molecule has 0 spiro atoms. The van der Waals surface area contributed by atoms with Gasteiger partial charge in [-0.05, 0) is 31.5 Å². The lowest BCUT2D eigenvalue weighted by Crippen LogP contribution is -2.37. The fraction of sp³-hybridized carbons (Fsp3) is 0.400. The van der Waals surface area contributed by atoms with Crippen molar-refractivity contribution in [1.29, 1.82) is 0 Å². The summed E-state index contributed by atoms with van der Waals surface area (Å²) in [6.45, 7) is 0.993. The van der Waals surface area contributed by atoms with Crippen molar-refractivity contribution in [2.75, 3.05) is 18.3 Å². The molecule has 2 heterocycles. The van der Waals surface area contributed by atoms with E-state index in [1.54, 1.807) is 6.07 Å². The molecule has 3 atom stereocenters. The number of carbonyl (C=O) groups excluding carboxylic acids is 1. The highest BCUT2D eigenvalue weighted by atomic mass is 32.2. The number of rotatable bonds is 6. The Balaban J connectivity index is 1.99. The standard InChI is InChI=1S/C20H20F5N3O2S2/c1-19(20(23,24)25)8-12(11-3-4-13(21)15(22)16(11)30-2)17(32-19)18(29)28-10-5-6-27-14(7-10)31-9-26/h3-7,12,17H,8-9,26H2,1-2H3,(H,27,28,29)/t12-,17+,19+/m0/s1. The Hall–Kier alpha value is -2.05. The van der Waals surface area contributed by atoms with Crippen molar-refractivity contribution in [3.8, 4) is 5.75 Å². The van der Waals surface area contributed by atoms with Gasteiger partial charge < -0.3 is 15.8 Å². The molecule has 0 aliphatic carbocycles. The van der Waals surface area contributed by atoms with E-state index >= 15 is 0 Å². The molecule has 32 heavy (non-hydrogen) atoms. The second-order valence-electron chi connectivity index (χ2n) is 7.24. The van der Waals surface area contributed by atoms with Gasteiger partial charge in [0, 0.05) is 29.2 Å². The van der Waals surface area contributed by atoms with Crippen molar-refractivity contribution in [2.24, 2.45) is 5.73 Å². The van der Waals surface area contributed by atoms with Crippen LogP contribution in [0.4, 0.5) is 27.6 Å². The SMILES string of the molecule is COc1c([C@@H]2C[C@](C)(C(F)(F)F)S[C@H]2C(=O)Nc2ccnc(SCN)c2)ccc(F)c1F. The van der Waals surface area contributed by atoms with Crippen molar-refractivity contribution in [3.63, 3.8) is 0 Å². The lowest BCUT2D eigenvalue weighted by atomic mass is 9.85. The third-order valence-electron chi connectivity index (χ3n) is 5.14. The maximum Gasteiger partial charge on any atom is 0.403 e. The molecule has 12 heteroatoms. The van der Waals surface area contributed by atoms with E-state index in [1.165, 1.54) is 24.0 Å². The van der Waals surface area contributed by atoms with Crippen LogP contribution in [0.15, 0.2) is 35.5 Å². The topological polar surface area (TPSA) is 77.2 Å². The number of nitrogens with two attached hydrogens (primary N) is 1. The number of aromatic nitrogens is 1. The summed E-state index contributed by atoms with van der Waals surface area (Å²) in [5.74, 6) is -4.54. The van der Waals surface area contributed by atoms with Crippen molar-refractivity contribution < 1.29 is 31.5 Å². The molecule has 0 bridgehead atoms. The van der Waals surface area contributed by atoms with Crippen LogP contribution in [0.1, 0.15) is 24.8 Å². The van der Waals surface area contributed by atoms with Crippen molar-refractivity contribution in [2.45, 2.75) is 40.5 Å². The smallest absolute Gasteiger partial charge is 0.403 e. The monoisotopic (exact) mass is 493 g/mol. The molecule has 1 saturated heterocycles. The molecule has 1 fully saturated rings. The van der Waals surface area contributed by atoms with Crippen LogP contribution in [0, 0.1) is 11.6 Å². The van der Waals surface area contributed by atoms with Crippen molar-refractivity contribution in [3.05, 3.63) is 47.7 Å². The first-order valence-corrected chi connectivity index (χ1v) is 11.2. The van der Waals surface area contributed by atoms with E-state index in [4.69, 9.17) is 10.5 Å². The van der Waals surface area contributed by atoms with Crippen LogP contribution in [-0.2, 0) is 4.79 Å². The zero-order chi connectivity index (χ0) is 23.7. The molecule has 174 valence electrons. The van der Waals surface area contributed by atoms with Crippen molar-refractivity contribution in [1.82, 2.24) is 4.98 Å². The van der Waals surface area contributed by atoms with Crippen LogP contribution in [0.5, 0.6) is 5.75 Å². The molecule has 2 aromatic rings. The largest absolute Gasteiger partial charge is 0.493 e. The summed E-state index contributed by atoms with van der Waals surface area (Å²) in [5, 5.41) is 1.90. The van der Waals surface area contributed by atoms with Crippen molar-refractivity contribution >= 4 is 35.1 Å². The fourth-order valence-corrected chi connectivity index (χ4v) is 5.60. The molecule has 3 rings (SSSR count). The lowest BCUT2D eigenvalue weighted by Gasteiger charge is -2.26. The number of pyridine rings is 1. The number of alkyl halides is 3. The number of ether oxygens (including phenoxy) is 1. The molecule has 0 radical (unpaired) electrons. The molecule has 1 aromatic carbocycles. The zero-order valence-electron chi connectivity index (χ0n) is 17.0. The van der Waals surface area contributed by atoms with Crippen LogP contribution in [0.2, 0.25) is 0 Å². The van der Waals surface area contributed by atoms with Gasteiger partial charge in [-0.2, -0.15) is 17.6 Å². The second kappa shape index (κ2) is 9.44. The van der Waals surface area contributed by atoms with E-state index in [0.29, 0.717) is 22.5 Å². The predicted octanol–water partition coefficient (Wildman–Crippen LogP) is 4.93. The van der Waals surface area contributed by atoms with E-state index < -0.39 is 51.8 Å². The second-order valence-corrected chi connectivity index (χ2v) is 9.93. The number of amides is 1. The van der Waals surface area contributed by atoms with E-state index in [9.17, 15) is 26.7 Å². The van der Waals surface area contributed by atoms with Gasteiger partial charge in [-0.3, -0.25) is 4.79 Å². The highest BCUT2D eigenvalue weighted by Gasteiger charge is 2.60. The number of nitrogens with one attached hydrogen (secondary N) is 1. The average molecular weight is 494 g/mol. The predicted molar refractivity (Wildman–Crippen MR) is 114 cm³/mol. The number of hydrogen-bond acceptors (Lipinski definition) is 6. The highest BCUT2D eigenvalue weighted by Crippen LogP contribution is 2.59. The summed E-state index contributed by atoms with van der Waals surface area (Å²) in [5.41, 5.74) is 5.80. The first-order chi connectivity index (χ1) is 15.0. The van der Waals surface area contributed by atoms with E-state index in [-0.39, 0.29) is 11.4 Å². The fourth-order valence-electron chi connectivity index (χ4n) is 3.54. The van der Waals surface area contributed by atoms with E-state index in [2.05, 4.69) is 10.3 Å². The van der Waals surface area contributed by atoms with Gasteiger partial charge in [0.25, 0.3) is 0 Å². The number of hydrogen-bond donors (Lipinski definition) is 2. The average Bonchev–Trinajstić information content (AvgIpc) is 3.09. The minimum absolute atomic E-state index is 0.00105. The minimum Gasteiger partial charge on any atom is -0.493 e. The lowest BCUT2D eigenvalue weighted by molar-refractivity contribution is -0.155. The Bertz CT molecular complexity index is 1010. The number of nitrogens with zero attached hydrogens (tertiary/aromatic N) is 1. The van der Waals surface area contributed by atoms with Crippen LogP contribution in [0.3, 0.4) is 0 Å². The number of halogens is 5. The number of carbonyl (C=O) groups is 1. The van der Waals surface area contributed by atoms with Gasteiger partial charge in [0.15, 0.2) is 11.6 Å². The molecule has 0 unspecified atom stereocenters. The van der Waals surface area contributed by atoms with Gasteiger partial charge >= 0.3 is 6.18 Å². The Morgan fingerprint density at radius 3 is 2.72 bits per heavy atom. The van der Waals surface area contributed by atoms with E-state index in [0.717, 1.165) is 26.2 Å². The van der Waals surface area contributed by atoms with Crippen LogP contribution in [0.25, 0.3) is 0 Å². The van der Waals surface area contributed by atoms with Crippen LogP contribution >= 0.6 is 23.5 Å². The maximum absolute atomic E-state index is 14.3. The Morgan fingerprint density at radius 2 is 2.09 bits per heavy atom. The summed E-state index contributed by atoms with van der Waals surface area (Å²) < 4.78 is 72.1. The normalized spacial score (nSPS) is 23.2. The molecular formula is C20H20F5N3O2S2. The zero-order valence-corrected chi connectivity index (χ0v) is 18.6. The maximum atomic E-state index is 14.3. The van der Waals surface area contributed by atoms with Crippen LogP contribution in [-0.4, -0.2) is 40.1 Å². The first kappa shape index (κ1) is 24.6. The number of methoxy groups -OCH3 is 1. The molecule has 0 saturated carbocycles. The minimum atomic E-state index is -4.63. The summed E-state index contributed by atoms with van der Waals surface area (Å²) >= 11 is 1.67. The molecule has 1 aliphatic rings. The van der Waals surface area contributed by atoms with Gasteiger partial charge in [0.1, 0.15) is 4.75 Å². The Kier molecular flexibility index (Phi) is 7.25. The summed E-state index contributed by atoms with van der Waals surface area (Å²) in [4.78, 5) is 17.2.